The zero-order chi connectivity index (χ0) is 13.9. The van der Waals surface area contributed by atoms with Gasteiger partial charge in [0.05, 0.1) is 6.10 Å². The van der Waals surface area contributed by atoms with E-state index in [1.54, 1.807) is 19.1 Å². The fraction of sp³-hybridized carbons (Fsp3) is 0.500. The van der Waals surface area contributed by atoms with Crippen LogP contribution in [0.1, 0.15) is 24.2 Å². The van der Waals surface area contributed by atoms with E-state index in [9.17, 15) is 18.3 Å². The summed E-state index contributed by atoms with van der Waals surface area (Å²) in [6.07, 6.45) is -8.11. The fourth-order valence-corrected chi connectivity index (χ4v) is 1.39. The number of halogens is 3. The van der Waals surface area contributed by atoms with E-state index in [1.807, 2.05) is 0 Å². The summed E-state index contributed by atoms with van der Waals surface area (Å²) < 4.78 is 41.2. The van der Waals surface area contributed by atoms with Crippen molar-refractivity contribution in [2.45, 2.75) is 32.2 Å². The first-order chi connectivity index (χ1) is 8.21. The molecule has 2 unspecified atom stereocenters. The van der Waals surface area contributed by atoms with E-state index in [0.717, 1.165) is 5.56 Å². The molecule has 0 spiro atoms. The molecule has 1 aromatic carbocycles. The van der Waals surface area contributed by atoms with Crippen LogP contribution in [0.25, 0.3) is 0 Å². The van der Waals surface area contributed by atoms with Gasteiger partial charge in [0.25, 0.3) is 0 Å². The summed E-state index contributed by atoms with van der Waals surface area (Å²) in [5.41, 5.74) is 1.25. The maximum Gasteiger partial charge on any atom is 0.417 e. The molecular formula is C12H15F3O3. The molecule has 0 aliphatic carbocycles. The third-order valence-corrected chi connectivity index (χ3v) is 2.39. The number of benzene rings is 1. The van der Waals surface area contributed by atoms with Crippen LogP contribution in [0.2, 0.25) is 0 Å². The Hall–Kier alpha value is -1.27. The Labute approximate surface area is 103 Å². The minimum absolute atomic E-state index is 0.138. The van der Waals surface area contributed by atoms with Crippen LogP contribution >= 0.6 is 0 Å². The minimum Gasteiger partial charge on any atom is -0.490 e. The highest BCUT2D eigenvalue weighted by Gasteiger charge is 2.38. The van der Waals surface area contributed by atoms with Gasteiger partial charge in [-0.05, 0) is 26.0 Å². The number of ether oxygens (including phenoxy) is 1. The van der Waals surface area contributed by atoms with Crippen LogP contribution in [0.5, 0.6) is 5.75 Å². The molecule has 2 atom stereocenters. The van der Waals surface area contributed by atoms with Gasteiger partial charge < -0.3 is 14.9 Å². The molecule has 0 amide bonds. The van der Waals surface area contributed by atoms with Crippen LogP contribution in [0, 0.1) is 6.92 Å². The maximum atomic E-state index is 12.1. The monoisotopic (exact) mass is 264 g/mol. The average Bonchev–Trinajstić information content (AvgIpc) is 2.25. The Bertz CT molecular complexity index is 402. The number of hydrogen-bond acceptors (Lipinski definition) is 3. The van der Waals surface area contributed by atoms with E-state index >= 15 is 0 Å². The van der Waals surface area contributed by atoms with Crippen LogP contribution in [0.15, 0.2) is 18.2 Å². The Morgan fingerprint density at radius 1 is 1.28 bits per heavy atom. The zero-order valence-corrected chi connectivity index (χ0v) is 10.0. The van der Waals surface area contributed by atoms with E-state index in [2.05, 4.69) is 0 Å². The van der Waals surface area contributed by atoms with E-state index < -0.39 is 25.0 Å². The van der Waals surface area contributed by atoms with Crippen molar-refractivity contribution in [1.82, 2.24) is 0 Å². The Balaban J connectivity index is 2.79. The second-order valence-corrected chi connectivity index (χ2v) is 4.09. The molecular weight excluding hydrogens is 249 g/mol. The molecule has 0 radical (unpaired) electrons. The molecule has 3 nitrogen and oxygen atoms in total. The second-order valence-electron chi connectivity index (χ2n) is 4.09. The summed E-state index contributed by atoms with van der Waals surface area (Å²) in [6, 6.07) is 4.75. The van der Waals surface area contributed by atoms with Crippen molar-refractivity contribution in [1.29, 1.82) is 0 Å². The van der Waals surface area contributed by atoms with Gasteiger partial charge in [0.1, 0.15) is 12.4 Å². The number of aliphatic hydroxyl groups is 2. The largest absolute Gasteiger partial charge is 0.490 e. The van der Waals surface area contributed by atoms with Gasteiger partial charge in [-0.3, -0.25) is 0 Å². The highest BCUT2D eigenvalue weighted by atomic mass is 19.4. The lowest BCUT2D eigenvalue weighted by molar-refractivity contribution is -0.210. The normalized spacial score (nSPS) is 15.3. The standard InChI is InChI=1S/C12H15F3O3/c1-7-3-4-10(9(5-7)8(2)16)18-6-11(17)12(13,14)15/h3-5,8,11,16-17H,6H2,1-2H3. The predicted octanol–water partition coefficient (Wildman–Crippen LogP) is 2.35. The topological polar surface area (TPSA) is 49.7 Å². The molecule has 0 bridgehead atoms. The second kappa shape index (κ2) is 5.58. The van der Waals surface area contributed by atoms with Gasteiger partial charge in [0.2, 0.25) is 0 Å². The molecule has 0 aromatic heterocycles. The summed E-state index contributed by atoms with van der Waals surface area (Å²) in [7, 11) is 0. The molecule has 18 heavy (non-hydrogen) atoms. The van der Waals surface area contributed by atoms with Crippen molar-refractivity contribution in [2.75, 3.05) is 6.61 Å². The van der Waals surface area contributed by atoms with E-state index in [-0.39, 0.29) is 5.75 Å². The third-order valence-electron chi connectivity index (χ3n) is 2.39. The maximum absolute atomic E-state index is 12.1. The van der Waals surface area contributed by atoms with Gasteiger partial charge in [-0.1, -0.05) is 11.6 Å². The Morgan fingerprint density at radius 3 is 2.39 bits per heavy atom. The summed E-state index contributed by atoms with van der Waals surface area (Å²) >= 11 is 0. The molecule has 1 aromatic rings. The number of aryl methyl sites for hydroxylation is 1. The highest BCUT2D eigenvalue weighted by molar-refractivity contribution is 5.38. The first-order valence-corrected chi connectivity index (χ1v) is 5.38. The molecule has 0 saturated carbocycles. The zero-order valence-electron chi connectivity index (χ0n) is 10.0. The van der Waals surface area contributed by atoms with Crippen molar-refractivity contribution in [2.24, 2.45) is 0 Å². The van der Waals surface area contributed by atoms with Crippen molar-refractivity contribution < 1.29 is 28.1 Å². The number of rotatable bonds is 4. The third kappa shape index (κ3) is 3.89. The van der Waals surface area contributed by atoms with Gasteiger partial charge in [0.15, 0.2) is 6.10 Å². The van der Waals surface area contributed by atoms with Gasteiger partial charge in [-0.2, -0.15) is 13.2 Å². The lowest BCUT2D eigenvalue weighted by atomic mass is 10.1. The predicted molar refractivity (Wildman–Crippen MR) is 59.4 cm³/mol. The molecule has 0 heterocycles. The SMILES string of the molecule is Cc1ccc(OCC(O)C(F)(F)F)c(C(C)O)c1. The first kappa shape index (κ1) is 14.8. The van der Waals surface area contributed by atoms with Crippen molar-refractivity contribution in [3.05, 3.63) is 29.3 Å². The number of aliphatic hydroxyl groups excluding tert-OH is 2. The first-order valence-electron chi connectivity index (χ1n) is 5.38. The van der Waals surface area contributed by atoms with E-state index in [0.29, 0.717) is 5.56 Å². The molecule has 0 aliphatic rings. The Morgan fingerprint density at radius 2 is 1.89 bits per heavy atom. The van der Waals surface area contributed by atoms with Crippen LogP contribution < -0.4 is 4.74 Å². The quantitative estimate of drug-likeness (QED) is 0.877. The lowest BCUT2D eigenvalue weighted by Crippen LogP contribution is -2.34. The average molecular weight is 264 g/mol. The molecule has 6 heteroatoms. The van der Waals surface area contributed by atoms with E-state index in [4.69, 9.17) is 9.84 Å². The molecule has 0 fully saturated rings. The molecule has 0 saturated heterocycles. The molecule has 0 aliphatic heterocycles. The van der Waals surface area contributed by atoms with Crippen LogP contribution in [-0.4, -0.2) is 29.1 Å². The van der Waals surface area contributed by atoms with Gasteiger partial charge in [-0.15, -0.1) is 0 Å². The van der Waals surface area contributed by atoms with Gasteiger partial charge >= 0.3 is 6.18 Å². The summed E-state index contributed by atoms with van der Waals surface area (Å²) in [5, 5.41) is 18.3. The van der Waals surface area contributed by atoms with Gasteiger partial charge in [0, 0.05) is 5.56 Å². The molecule has 102 valence electrons. The van der Waals surface area contributed by atoms with Gasteiger partial charge in [-0.25, -0.2) is 0 Å². The molecule has 2 N–H and O–H groups in total. The minimum atomic E-state index is -4.71. The van der Waals surface area contributed by atoms with E-state index in [1.165, 1.54) is 13.0 Å². The molecule has 1 rings (SSSR count). The number of alkyl halides is 3. The highest BCUT2D eigenvalue weighted by Crippen LogP contribution is 2.27. The fourth-order valence-electron chi connectivity index (χ4n) is 1.39. The number of hydrogen-bond donors (Lipinski definition) is 2. The van der Waals surface area contributed by atoms with Crippen molar-refractivity contribution in [3.8, 4) is 5.75 Å². The van der Waals surface area contributed by atoms with Crippen molar-refractivity contribution >= 4 is 0 Å². The van der Waals surface area contributed by atoms with Crippen molar-refractivity contribution in [3.63, 3.8) is 0 Å². The van der Waals surface area contributed by atoms with Crippen LogP contribution in [-0.2, 0) is 0 Å². The smallest absolute Gasteiger partial charge is 0.417 e. The summed E-state index contributed by atoms with van der Waals surface area (Å²) in [5.74, 6) is 0.138. The summed E-state index contributed by atoms with van der Waals surface area (Å²) in [6.45, 7) is 2.38. The van der Waals surface area contributed by atoms with Crippen LogP contribution in [0.4, 0.5) is 13.2 Å². The summed E-state index contributed by atoms with van der Waals surface area (Å²) in [4.78, 5) is 0. The lowest BCUT2D eigenvalue weighted by Gasteiger charge is -2.18. The van der Waals surface area contributed by atoms with Crippen LogP contribution in [0.3, 0.4) is 0 Å². The Kier molecular flexibility index (Phi) is 4.59.